The van der Waals surface area contributed by atoms with Crippen LogP contribution in [0.5, 0.6) is 0 Å². The molecule has 0 rings (SSSR count). The maximum absolute atomic E-state index is 9.45. The molecule has 0 fully saturated rings. The van der Waals surface area contributed by atoms with E-state index in [1.54, 1.807) is 0 Å². The molecule has 0 heterocycles. The molecule has 0 aromatic carbocycles. The minimum atomic E-state index is -1.23. The summed E-state index contributed by atoms with van der Waals surface area (Å²) in [7, 11) is 1.00. The molecular formula is C6H14O6. The van der Waals surface area contributed by atoms with Gasteiger partial charge in [0.25, 0.3) is 5.97 Å². The van der Waals surface area contributed by atoms with E-state index in [9.17, 15) is 4.79 Å². The molecule has 0 saturated carbocycles. The van der Waals surface area contributed by atoms with Crippen LogP contribution in [0.15, 0.2) is 0 Å². The lowest BCUT2D eigenvalue weighted by molar-refractivity contribution is -0.145. The van der Waals surface area contributed by atoms with Gasteiger partial charge in [-0.2, -0.15) is 0 Å². The lowest BCUT2D eigenvalue weighted by Crippen LogP contribution is -2.13. The van der Waals surface area contributed by atoms with Gasteiger partial charge >= 0.3 is 5.97 Å². The van der Waals surface area contributed by atoms with Crippen LogP contribution in [0, 0.1) is 0 Å². The van der Waals surface area contributed by atoms with E-state index in [0.717, 1.165) is 14.0 Å². The summed E-state index contributed by atoms with van der Waals surface area (Å²) < 4.78 is 0. The fourth-order valence-electron chi connectivity index (χ4n) is 0. The van der Waals surface area contributed by atoms with Crippen molar-refractivity contribution in [1.82, 2.24) is 0 Å². The Hall–Kier alpha value is -1.14. The molecular weight excluding hydrogens is 168 g/mol. The lowest BCUT2D eigenvalue weighted by atomic mass is 10.4. The van der Waals surface area contributed by atoms with Crippen molar-refractivity contribution in [3.63, 3.8) is 0 Å². The summed E-state index contributed by atoms with van der Waals surface area (Å²) in [6.07, 6.45) is -1.23. The quantitative estimate of drug-likeness (QED) is 0.420. The molecule has 1 atom stereocenters. The Kier molecular flexibility index (Phi) is 17.8. The van der Waals surface area contributed by atoms with Gasteiger partial charge in [0.2, 0.25) is 0 Å². The van der Waals surface area contributed by atoms with Crippen molar-refractivity contribution in [2.45, 2.75) is 20.0 Å². The molecule has 0 saturated heterocycles. The molecule has 4 N–H and O–H groups in total. The zero-order chi connectivity index (χ0) is 10.7. The van der Waals surface area contributed by atoms with E-state index in [-0.39, 0.29) is 0 Å². The first kappa shape index (κ1) is 17.1. The number of aliphatic carboxylic acids is 2. The van der Waals surface area contributed by atoms with Crippen molar-refractivity contribution >= 4 is 11.9 Å². The summed E-state index contributed by atoms with van der Waals surface area (Å²) in [5.41, 5.74) is 0. The molecule has 0 bridgehead atoms. The van der Waals surface area contributed by atoms with Crippen LogP contribution in [0.4, 0.5) is 0 Å². The average Bonchev–Trinajstić information content (AvgIpc) is 1.90. The number of aliphatic hydroxyl groups excluding tert-OH is 2. The number of carbonyl (C=O) groups is 2. The zero-order valence-corrected chi connectivity index (χ0v) is 7.18. The second kappa shape index (κ2) is 12.5. The molecule has 0 radical (unpaired) electrons. The highest BCUT2D eigenvalue weighted by molar-refractivity contribution is 5.71. The second-order valence-corrected chi connectivity index (χ2v) is 1.53. The van der Waals surface area contributed by atoms with Crippen LogP contribution in [0.3, 0.4) is 0 Å². The van der Waals surface area contributed by atoms with Crippen LogP contribution in [-0.2, 0) is 9.59 Å². The number of carboxylic acid groups (broad SMARTS) is 2. The largest absolute Gasteiger partial charge is 0.481 e. The fourth-order valence-corrected chi connectivity index (χ4v) is 0. The summed E-state index contributed by atoms with van der Waals surface area (Å²) in [4.78, 5) is 18.4. The highest BCUT2D eigenvalue weighted by Crippen LogP contribution is 1.73. The van der Waals surface area contributed by atoms with E-state index in [1.807, 2.05) is 0 Å². The summed E-state index contributed by atoms with van der Waals surface area (Å²) in [5, 5.41) is 30.2. The molecule has 0 amide bonds. The minimum absolute atomic E-state index is 0.833. The van der Waals surface area contributed by atoms with Crippen molar-refractivity contribution in [3.05, 3.63) is 0 Å². The first-order valence-corrected chi connectivity index (χ1v) is 2.93. The van der Waals surface area contributed by atoms with E-state index in [1.165, 1.54) is 6.92 Å². The van der Waals surface area contributed by atoms with Crippen molar-refractivity contribution < 1.29 is 30.0 Å². The van der Waals surface area contributed by atoms with Gasteiger partial charge in [-0.3, -0.25) is 4.79 Å². The van der Waals surface area contributed by atoms with E-state index in [2.05, 4.69) is 0 Å². The maximum atomic E-state index is 9.45. The van der Waals surface area contributed by atoms with E-state index in [4.69, 9.17) is 25.2 Å². The molecule has 0 aliphatic carbocycles. The van der Waals surface area contributed by atoms with Gasteiger partial charge in [-0.1, -0.05) is 0 Å². The van der Waals surface area contributed by atoms with E-state index in [0.29, 0.717) is 0 Å². The van der Waals surface area contributed by atoms with Gasteiger partial charge in [0.15, 0.2) is 0 Å². The summed E-state index contributed by atoms with van der Waals surface area (Å²) >= 11 is 0. The summed E-state index contributed by atoms with van der Waals surface area (Å²) in [5.74, 6) is -2.02. The molecule has 74 valence electrons. The highest BCUT2D eigenvalue weighted by Gasteiger charge is 2.01. The number of hydrogen-bond acceptors (Lipinski definition) is 4. The normalized spacial score (nSPS) is 9.42. The Morgan fingerprint density at radius 2 is 1.25 bits per heavy atom. The SMILES string of the molecule is CC(=O)O.CC(O)C(=O)O.CO. The number of hydrogen-bond donors (Lipinski definition) is 4. The molecule has 0 spiro atoms. The summed E-state index contributed by atoms with van der Waals surface area (Å²) in [6, 6.07) is 0. The first-order valence-electron chi connectivity index (χ1n) is 2.93. The number of aliphatic hydroxyl groups is 2. The van der Waals surface area contributed by atoms with Crippen LogP contribution in [0.1, 0.15) is 13.8 Å². The minimum Gasteiger partial charge on any atom is -0.481 e. The van der Waals surface area contributed by atoms with Gasteiger partial charge in [-0.25, -0.2) is 4.79 Å². The molecule has 0 aliphatic rings. The van der Waals surface area contributed by atoms with E-state index >= 15 is 0 Å². The van der Waals surface area contributed by atoms with Crippen LogP contribution >= 0.6 is 0 Å². The third-order valence-corrected chi connectivity index (χ3v) is 0.357. The van der Waals surface area contributed by atoms with E-state index < -0.39 is 18.0 Å². The first-order chi connectivity index (χ1) is 5.37. The fraction of sp³-hybridized carbons (Fsp3) is 0.667. The standard InChI is InChI=1S/C3H6O3.C2H4O2.CH4O/c1-2(4)3(5)6;1-2(3)4;1-2/h2,4H,1H3,(H,5,6);1H3,(H,3,4);2H,1H3. The second-order valence-electron chi connectivity index (χ2n) is 1.53. The van der Waals surface area contributed by atoms with Gasteiger partial charge in [-0.15, -0.1) is 0 Å². The van der Waals surface area contributed by atoms with Crippen LogP contribution < -0.4 is 0 Å². The van der Waals surface area contributed by atoms with Crippen LogP contribution in [0.2, 0.25) is 0 Å². The van der Waals surface area contributed by atoms with Crippen LogP contribution in [-0.4, -0.2) is 45.6 Å². The molecule has 6 heteroatoms. The van der Waals surface area contributed by atoms with Gasteiger partial charge in [-0.05, 0) is 6.92 Å². The predicted molar refractivity (Wildman–Crippen MR) is 40.8 cm³/mol. The highest BCUT2D eigenvalue weighted by atomic mass is 16.4. The molecule has 0 aliphatic heterocycles. The molecule has 1 unspecified atom stereocenters. The van der Waals surface area contributed by atoms with Crippen molar-refractivity contribution in [3.8, 4) is 0 Å². The topological polar surface area (TPSA) is 115 Å². The van der Waals surface area contributed by atoms with Gasteiger partial charge < -0.3 is 20.4 Å². The third kappa shape index (κ3) is 66.9. The smallest absolute Gasteiger partial charge is 0.332 e. The average molecular weight is 182 g/mol. The molecule has 12 heavy (non-hydrogen) atoms. The van der Waals surface area contributed by atoms with Crippen molar-refractivity contribution in [2.24, 2.45) is 0 Å². The Bertz CT molecular complexity index is 115. The summed E-state index contributed by atoms with van der Waals surface area (Å²) in [6.45, 7) is 2.28. The predicted octanol–water partition coefficient (Wildman–Crippen LogP) is -0.849. The Labute approximate surface area is 70.1 Å². The number of carboxylic acids is 2. The van der Waals surface area contributed by atoms with Crippen LogP contribution in [0.25, 0.3) is 0 Å². The number of rotatable bonds is 1. The van der Waals surface area contributed by atoms with Gasteiger partial charge in [0, 0.05) is 14.0 Å². The Balaban J connectivity index is -0.000000118. The Morgan fingerprint density at radius 1 is 1.17 bits per heavy atom. The van der Waals surface area contributed by atoms with Crippen molar-refractivity contribution in [1.29, 1.82) is 0 Å². The zero-order valence-electron chi connectivity index (χ0n) is 7.18. The maximum Gasteiger partial charge on any atom is 0.332 e. The van der Waals surface area contributed by atoms with Crippen molar-refractivity contribution in [2.75, 3.05) is 7.11 Å². The molecule has 0 aromatic rings. The molecule has 6 nitrogen and oxygen atoms in total. The monoisotopic (exact) mass is 182 g/mol. The van der Waals surface area contributed by atoms with Gasteiger partial charge in [0.1, 0.15) is 6.10 Å². The lowest BCUT2D eigenvalue weighted by Gasteiger charge is -1.89. The van der Waals surface area contributed by atoms with Gasteiger partial charge in [0.05, 0.1) is 0 Å². The third-order valence-electron chi connectivity index (χ3n) is 0.357. The molecule has 0 aromatic heterocycles. The Morgan fingerprint density at radius 3 is 1.25 bits per heavy atom.